The number of urea groups is 1. The number of unbranched alkanes of at least 4 members (excludes halogenated alkanes) is 1. The van der Waals surface area contributed by atoms with Gasteiger partial charge in [-0.1, -0.05) is 73.6 Å². The van der Waals surface area contributed by atoms with E-state index >= 15 is 0 Å². The Morgan fingerprint density at radius 2 is 1.53 bits per heavy atom. The molecule has 1 heterocycles. The first kappa shape index (κ1) is 40.7. The van der Waals surface area contributed by atoms with Crippen LogP contribution < -0.4 is 21.3 Å². The molecule has 4 N–H and O–H groups in total. The number of rotatable bonds is 14. The van der Waals surface area contributed by atoms with Crippen molar-refractivity contribution in [2.75, 3.05) is 12.3 Å². The van der Waals surface area contributed by atoms with Crippen LogP contribution in [0.4, 0.5) is 4.79 Å². The molecule has 3 fully saturated rings. The molecule has 0 aromatic rings. The highest BCUT2D eigenvalue weighted by Crippen LogP contribution is 2.34. The molecule has 5 amide bonds. The van der Waals surface area contributed by atoms with E-state index in [0.717, 1.165) is 38.5 Å². The average molecular weight is 710 g/mol. The smallest absolute Gasteiger partial charge is 0.315 e. The summed E-state index contributed by atoms with van der Waals surface area (Å²) in [5.41, 5.74) is -1.71. The molecular weight excluding hydrogens is 646 g/mol. The number of likely N-dealkylation sites (tertiary alicyclic amines) is 1. The van der Waals surface area contributed by atoms with Gasteiger partial charge in [-0.05, 0) is 76.5 Å². The number of nitrogens with zero attached hydrogens (tertiary/aromatic N) is 1. The van der Waals surface area contributed by atoms with E-state index in [9.17, 15) is 32.4 Å². The van der Waals surface area contributed by atoms with Gasteiger partial charge in [0.15, 0.2) is 9.84 Å². The normalized spacial score (nSPS) is 22.6. The van der Waals surface area contributed by atoms with Crippen LogP contribution in [0.5, 0.6) is 0 Å². The van der Waals surface area contributed by atoms with Gasteiger partial charge in [-0.3, -0.25) is 19.2 Å². The Labute approximate surface area is 294 Å². The summed E-state index contributed by atoms with van der Waals surface area (Å²) in [5, 5.41) is 11.4. The van der Waals surface area contributed by atoms with Gasteiger partial charge in [0.2, 0.25) is 17.6 Å². The van der Waals surface area contributed by atoms with E-state index < -0.39 is 73.2 Å². The van der Waals surface area contributed by atoms with Gasteiger partial charge in [0.25, 0.3) is 5.91 Å². The molecule has 2 aliphatic carbocycles. The fourth-order valence-electron chi connectivity index (χ4n) is 6.77. The van der Waals surface area contributed by atoms with Crippen LogP contribution in [0.1, 0.15) is 133 Å². The molecule has 13 heteroatoms. The molecule has 4 atom stereocenters. The second kappa shape index (κ2) is 16.1. The summed E-state index contributed by atoms with van der Waals surface area (Å²) in [4.78, 5) is 69.4. The summed E-state index contributed by atoms with van der Waals surface area (Å²) in [5.74, 6) is -2.31. The Balaban J connectivity index is 1.84. The van der Waals surface area contributed by atoms with E-state index in [0.29, 0.717) is 38.6 Å². The molecular formula is C36H63N5O7S. The van der Waals surface area contributed by atoms with Gasteiger partial charge >= 0.3 is 6.03 Å². The van der Waals surface area contributed by atoms with E-state index in [1.54, 1.807) is 20.8 Å². The summed E-state index contributed by atoms with van der Waals surface area (Å²) in [6.07, 6.45) is 7.33. The van der Waals surface area contributed by atoms with Crippen LogP contribution >= 0.6 is 0 Å². The van der Waals surface area contributed by atoms with Crippen LogP contribution in [0.2, 0.25) is 0 Å². The Bertz CT molecular complexity index is 1320. The maximum absolute atomic E-state index is 14.4. The number of Topliss-reactive ketones (excluding diaryl/α,β-unsaturated/α-hetero) is 1. The molecule has 3 rings (SSSR count). The van der Waals surface area contributed by atoms with E-state index in [1.807, 2.05) is 41.5 Å². The van der Waals surface area contributed by atoms with Crippen molar-refractivity contribution in [1.82, 2.24) is 26.2 Å². The zero-order valence-electron chi connectivity index (χ0n) is 31.4. The maximum Gasteiger partial charge on any atom is 0.315 e. The lowest BCUT2D eigenvalue weighted by Crippen LogP contribution is -2.63. The number of carbonyl (C=O) groups is 5. The lowest BCUT2D eigenvalue weighted by atomic mass is 9.83. The van der Waals surface area contributed by atoms with Crippen molar-refractivity contribution in [3.05, 3.63) is 0 Å². The average Bonchev–Trinajstić information content (AvgIpc) is 3.68. The number of amides is 5. The van der Waals surface area contributed by atoms with E-state index in [2.05, 4.69) is 21.3 Å². The second-order valence-electron chi connectivity index (χ2n) is 17.2. The molecule has 0 unspecified atom stereocenters. The number of carbonyl (C=O) groups excluding carboxylic acids is 5. The van der Waals surface area contributed by atoms with E-state index in [1.165, 1.54) is 4.90 Å². The maximum atomic E-state index is 14.4. The molecule has 0 aromatic heterocycles. The van der Waals surface area contributed by atoms with Crippen molar-refractivity contribution in [3.8, 4) is 0 Å². The third kappa shape index (κ3) is 10.9. The van der Waals surface area contributed by atoms with Gasteiger partial charge in [0.1, 0.15) is 12.1 Å². The monoisotopic (exact) mass is 709 g/mol. The molecule has 1 aliphatic heterocycles. The van der Waals surface area contributed by atoms with Gasteiger partial charge in [0.05, 0.1) is 22.1 Å². The number of hydrogen-bond acceptors (Lipinski definition) is 7. The van der Waals surface area contributed by atoms with Gasteiger partial charge in [-0.2, -0.15) is 0 Å². The summed E-state index contributed by atoms with van der Waals surface area (Å²) >= 11 is 0. The molecule has 280 valence electrons. The van der Waals surface area contributed by atoms with Crippen molar-refractivity contribution < 1.29 is 32.4 Å². The van der Waals surface area contributed by atoms with Crippen LogP contribution in [-0.2, 0) is 29.0 Å². The summed E-state index contributed by atoms with van der Waals surface area (Å²) < 4.78 is 25.6. The number of hydrogen-bond donors (Lipinski definition) is 4. The molecule has 12 nitrogen and oxygen atoms in total. The largest absolute Gasteiger partial charge is 0.347 e. The van der Waals surface area contributed by atoms with E-state index in [4.69, 9.17) is 0 Å². The molecule has 1 saturated heterocycles. The van der Waals surface area contributed by atoms with Gasteiger partial charge in [0, 0.05) is 12.6 Å². The lowest BCUT2D eigenvalue weighted by molar-refractivity contribution is -0.144. The predicted molar refractivity (Wildman–Crippen MR) is 190 cm³/mol. The molecule has 0 bridgehead atoms. The highest BCUT2D eigenvalue weighted by molar-refractivity contribution is 7.92. The predicted octanol–water partition coefficient (Wildman–Crippen LogP) is 4.01. The van der Waals surface area contributed by atoms with Gasteiger partial charge in [-0.15, -0.1) is 0 Å². The molecule has 3 aliphatic rings. The zero-order valence-corrected chi connectivity index (χ0v) is 32.2. The van der Waals surface area contributed by atoms with Crippen molar-refractivity contribution in [3.63, 3.8) is 0 Å². The standard InChI is InChI=1S/C36H63N5O7S/c1-10-11-15-26(28(42)31(44)37-25-16-17-25)38-30(43)27-20-24(23(2)3)21-41(27)32(45)29(34(4,5)6)39-33(46)40-36(18-13-12-14-19-36)22-49(47,48)35(7,8)9/h23-27,29H,10-22H2,1-9H3,(H,37,44)(H,38,43)(H2,39,40,46)/t24-,26+,27+,29-/m1/s1. The highest BCUT2D eigenvalue weighted by Gasteiger charge is 2.47. The second-order valence-corrected chi connectivity index (χ2v) is 19.9. The topological polar surface area (TPSA) is 171 Å². The number of nitrogens with one attached hydrogen (secondary N) is 4. The number of ketones is 1. The van der Waals surface area contributed by atoms with Crippen LogP contribution in [-0.4, -0.2) is 89.6 Å². The van der Waals surface area contributed by atoms with Crippen LogP contribution in [0.25, 0.3) is 0 Å². The molecule has 2 saturated carbocycles. The van der Waals surface area contributed by atoms with Gasteiger partial charge < -0.3 is 26.2 Å². The first-order chi connectivity index (χ1) is 22.6. The minimum Gasteiger partial charge on any atom is -0.347 e. The third-order valence-electron chi connectivity index (χ3n) is 10.5. The fraction of sp³-hybridized carbons (Fsp3) is 0.861. The summed E-state index contributed by atoms with van der Waals surface area (Å²) in [7, 11) is -3.56. The minimum absolute atomic E-state index is 0.00337. The zero-order chi connectivity index (χ0) is 36.9. The third-order valence-corrected chi connectivity index (χ3v) is 13.3. The molecule has 0 aromatic carbocycles. The minimum atomic E-state index is -3.56. The summed E-state index contributed by atoms with van der Waals surface area (Å²) in [6, 6.07) is -3.54. The molecule has 49 heavy (non-hydrogen) atoms. The fourth-order valence-corrected chi connectivity index (χ4v) is 8.29. The summed E-state index contributed by atoms with van der Waals surface area (Å²) in [6.45, 7) is 16.8. The van der Waals surface area contributed by atoms with Crippen LogP contribution in [0.3, 0.4) is 0 Å². The van der Waals surface area contributed by atoms with E-state index in [-0.39, 0.29) is 23.6 Å². The number of sulfone groups is 1. The Kier molecular flexibility index (Phi) is 13.4. The van der Waals surface area contributed by atoms with Crippen molar-refractivity contribution in [1.29, 1.82) is 0 Å². The van der Waals surface area contributed by atoms with Crippen LogP contribution in [0.15, 0.2) is 0 Å². The van der Waals surface area contributed by atoms with Crippen molar-refractivity contribution in [2.24, 2.45) is 17.3 Å². The first-order valence-electron chi connectivity index (χ1n) is 18.4. The Morgan fingerprint density at radius 1 is 0.918 bits per heavy atom. The van der Waals surface area contributed by atoms with Crippen molar-refractivity contribution in [2.45, 2.75) is 167 Å². The quantitative estimate of drug-likeness (QED) is 0.198. The van der Waals surface area contributed by atoms with Crippen molar-refractivity contribution >= 4 is 39.4 Å². The van der Waals surface area contributed by atoms with Gasteiger partial charge in [-0.25, -0.2) is 13.2 Å². The molecule has 0 spiro atoms. The lowest BCUT2D eigenvalue weighted by Gasteiger charge is -2.41. The Morgan fingerprint density at radius 3 is 2.04 bits per heavy atom. The highest BCUT2D eigenvalue weighted by atomic mass is 32.2. The first-order valence-corrected chi connectivity index (χ1v) is 20.0. The SMILES string of the molecule is CCCC[C@H](NC(=O)[C@@H]1C[C@@H](C(C)C)CN1C(=O)[C@@H](NC(=O)NC1(CS(=O)(=O)C(C)(C)C)CCCCC1)C(C)(C)C)C(=O)C(=O)NC1CC1. The Hall–Kier alpha value is -2.70. The van der Waals surface area contributed by atoms with Crippen LogP contribution in [0, 0.1) is 17.3 Å². The molecule has 0 radical (unpaired) electrons.